The lowest BCUT2D eigenvalue weighted by atomic mass is 9.95. The van der Waals surface area contributed by atoms with Gasteiger partial charge >= 0.3 is 0 Å². The van der Waals surface area contributed by atoms with E-state index in [0.29, 0.717) is 6.04 Å². The second kappa shape index (κ2) is 4.75. The molecule has 0 fully saturated rings. The normalized spacial score (nSPS) is 26.2. The van der Waals surface area contributed by atoms with Gasteiger partial charge in [0.2, 0.25) is 0 Å². The third-order valence-corrected chi connectivity index (χ3v) is 4.60. The fourth-order valence-electron chi connectivity index (χ4n) is 3.30. The minimum Gasteiger partial charge on any atom is -0.493 e. The van der Waals surface area contributed by atoms with Crippen molar-refractivity contribution in [3.05, 3.63) is 27.8 Å². The van der Waals surface area contributed by atoms with Crippen molar-refractivity contribution in [3.63, 3.8) is 0 Å². The van der Waals surface area contributed by atoms with Gasteiger partial charge in [0.15, 0.2) is 0 Å². The van der Waals surface area contributed by atoms with Gasteiger partial charge in [-0.2, -0.15) is 0 Å². The third-order valence-electron chi connectivity index (χ3n) is 4.29. The molecule has 18 heavy (non-hydrogen) atoms. The summed E-state index contributed by atoms with van der Waals surface area (Å²) in [7, 11) is 2.02. The molecule has 1 aliphatic carbocycles. The Bertz CT molecular complexity index is 472. The molecular formula is C15H20ClNO. The van der Waals surface area contributed by atoms with Crippen molar-refractivity contribution in [2.24, 2.45) is 5.92 Å². The molecule has 2 nitrogen and oxygen atoms in total. The molecule has 1 aromatic carbocycles. The predicted molar refractivity (Wildman–Crippen MR) is 74.6 cm³/mol. The van der Waals surface area contributed by atoms with Crippen LogP contribution in [0.1, 0.15) is 42.5 Å². The van der Waals surface area contributed by atoms with Gasteiger partial charge in [-0.25, -0.2) is 0 Å². The van der Waals surface area contributed by atoms with E-state index in [9.17, 15) is 0 Å². The molecule has 0 radical (unpaired) electrons. The van der Waals surface area contributed by atoms with Gasteiger partial charge in [-0.1, -0.05) is 18.5 Å². The maximum Gasteiger partial charge on any atom is 0.126 e. The summed E-state index contributed by atoms with van der Waals surface area (Å²) in [6.07, 6.45) is 4.48. The Hall–Kier alpha value is -0.730. The third kappa shape index (κ3) is 1.92. The van der Waals surface area contributed by atoms with E-state index in [1.54, 1.807) is 0 Å². The Morgan fingerprint density at radius 1 is 1.39 bits per heavy atom. The number of halogens is 1. The summed E-state index contributed by atoms with van der Waals surface area (Å²) in [6, 6.07) is 2.47. The van der Waals surface area contributed by atoms with Crippen molar-refractivity contribution in [2.75, 3.05) is 13.7 Å². The summed E-state index contributed by atoms with van der Waals surface area (Å²) in [5, 5.41) is 4.34. The predicted octanol–water partition coefficient (Wildman–Crippen LogP) is 3.51. The molecule has 1 aromatic rings. The summed E-state index contributed by atoms with van der Waals surface area (Å²) < 4.78 is 5.85. The van der Waals surface area contributed by atoms with Crippen LogP contribution in [0.2, 0.25) is 5.02 Å². The van der Waals surface area contributed by atoms with E-state index < -0.39 is 0 Å². The lowest BCUT2D eigenvalue weighted by molar-refractivity contribution is 0.352. The molecule has 0 spiro atoms. The zero-order chi connectivity index (χ0) is 12.7. The molecule has 3 heteroatoms. The van der Waals surface area contributed by atoms with Crippen LogP contribution in [-0.2, 0) is 12.8 Å². The largest absolute Gasteiger partial charge is 0.493 e. The fraction of sp³-hybridized carbons (Fsp3) is 0.600. The van der Waals surface area contributed by atoms with Gasteiger partial charge < -0.3 is 10.1 Å². The highest BCUT2D eigenvalue weighted by molar-refractivity contribution is 6.31. The van der Waals surface area contributed by atoms with Gasteiger partial charge in [0, 0.05) is 23.0 Å². The van der Waals surface area contributed by atoms with Crippen molar-refractivity contribution in [3.8, 4) is 5.75 Å². The minimum atomic E-state index is 0.361. The van der Waals surface area contributed by atoms with E-state index in [1.165, 1.54) is 23.1 Å². The van der Waals surface area contributed by atoms with Crippen LogP contribution in [0.15, 0.2) is 6.07 Å². The highest BCUT2D eigenvalue weighted by Gasteiger charge is 2.29. The van der Waals surface area contributed by atoms with Crippen molar-refractivity contribution in [2.45, 2.75) is 38.6 Å². The molecule has 0 aromatic heterocycles. The van der Waals surface area contributed by atoms with Gasteiger partial charge in [-0.05, 0) is 49.4 Å². The van der Waals surface area contributed by atoms with Crippen molar-refractivity contribution < 1.29 is 4.74 Å². The van der Waals surface area contributed by atoms with Crippen LogP contribution in [0.4, 0.5) is 0 Å². The van der Waals surface area contributed by atoms with Gasteiger partial charge in [0.05, 0.1) is 6.61 Å². The molecule has 2 atom stereocenters. The number of benzene rings is 1. The van der Waals surface area contributed by atoms with Gasteiger partial charge in [-0.15, -0.1) is 0 Å². The number of fused-ring (bicyclic) bond motifs is 3. The van der Waals surface area contributed by atoms with Crippen molar-refractivity contribution in [1.82, 2.24) is 5.32 Å². The van der Waals surface area contributed by atoms with Gasteiger partial charge in [0.25, 0.3) is 0 Å². The lowest BCUT2D eigenvalue weighted by Crippen LogP contribution is -2.19. The van der Waals surface area contributed by atoms with Crippen molar-refractivity contribution >= 4 is 11.6 Å². The Labute approximate surface area is 114 Å². The van der Waals surface area contributed by atoms with Crippen LogP contribution in [0.5, 0.6) is 5.75 Å². The molecule has 3 rings (SSSR count). The Morgan fingerprint density at radius 3 is 3.00 bits per heavy atom. The average molecular weight is 266 g/mol. The van der Waals surface area contributed by atoms with Crippen molar-refractivity contribution in [1.29, 1.82) is 0 Å². The quantitative estimate of drug-likeness (QED) is 0.785. The minimum absolute atomic E-state index is 0.361. The van der Waals surface area contributed by atoms with E-state index in [1.807, 2.05) is 7.05 Å². The van der Waals surface area contributed by atoms with Crippen LogP contribution >= 0.6 is 11.6 Å². The highest BCUT2D eigenvalue weighted by Crippen LogP contribution is 2.43. The molecule has 2 unspecified atom stereocenters. The van der Waals surface area contributed by atoms with Gasteiger partial charge in [-0.3, -0.25) is 0 Å². The van der Waals surface area contributed by atoms with Crippen LogP contribution in [-0.4, -0.2) is 13.7 Å². The molecule has 1 heterocycles. The van der Waals surface area contributed by atoms with Gasteiger partial charge in [0.1, 0.15) is 5.75 Å². The first-order valence-electron chi connectivity index (χ1n) is 6.85. The number of rotatable bonds is 1. The first-order chi connectivity index (χ1) is 8.70. The molecule has 2 aliphatic rings. The van der Waals surface area contributed by atoms with Crippen LogP contribution in [0, 0.1) is 5.92 Å². The molecule has 1 aliphatic heterocycles. The average Bonchev–Trinajstić information content (AvgIpc) is 2.73. The Morgan fingerprint density at radius 2 is 2.22 bits per heavy atom. The summed E-state index contributed by atoms with van der Waals surface area (Å²) >= 11 is 6.52. The second-order valence-electron chi connectivity index (χ2n) is 5.56. The van der Waals surface area contributed by atoms with Crippen LogP contribution in [0.25, 0.3) is 0 Å². The summed E-state index contributed by atoms with van der Waals surface area (Å²) in [4.78, 5) is 0. The zero-order valence-corrected chi connectivity index (χ0v) is 11.8. The van der Waals surface area contributed by atoms with Crippen LogP contribution in [0.3, 0.4) is 0 Å². The van der Waals surface area contributed by atoms with E-state index in [2.05, 4.69) is 18.3 Å². The molecule has 1 N–H and O–H groups in total. The number of hydrogen-bond donors (Lipinski definition) is 1. The fourth-order valence-corrected chi connectivity index (χ4v) is 3.68. The SMILES string of the molecule is CNC1CC(C)CCc2c3c(cc(Cl)c21)CCO3. The van der Waals surface area contributed by atoms with E-state index >= 15 is 0 Å². The summed E-state index contributed by atoms with van der Waals surface area (Å²) in [6.45, 7) is 3.13. The van der Waals surface area contributed by atoms with E-state index in [0.717, 1.165) is 42.6 Å². The van der Waals surface area contributed by atoms with E-state index in [4.69, 9.17) is 16.3 Å². The highest BCUT2D eigenvalue weighted by atomic mass is 35.5. The smallest absolute Gasteiger partial charge is 0.126 e. The number of hydrogen-bond acceptors (Lipinski definition) is 2. The lowest BCUT2D eigenvalue weighted by Gasteiger charge is -2.21. The Balaban J connectivity index is 2.15. The number of nitrogens with one attached hydrogen (secondary N) is 1. The second-order valence-corrected chi connectivity index (χ2v) is 5.97. The monoisotopic (exact) mass is 265 g/mol. The standard InChI is InChI=1S/C15H20ClNO/c1-9-3-4-11-14(13(7-9)17-2)12(16)8-10-5-6-18-15(10)11/h8-9,13,17H,3-7H2,1-2H3. The zero-order valence-electron chi connectivity index (χ0n) is 11.1. The summed E-state index contributed by atoms with van der Waals surface area (Å²) in [5.41, 5.74) is 3.94. The first kappa shape index (κ1) is 12.3. The topological polar surface area (TPSA) is 21.3 Å². The first-order valence-corrected chi connectivity index (χ1v) is 7.22. The summed E-state index contributed by atoms with van der Waals surface area (Å²) in [5.74, 6) is 1.85. The van der Waals surface area contributed by atoms with Crippen LogP contribution < -0.4 is 10.1 Å². The Kier molecular flexibility index (Phi) is 3.25. The molecular weight excluding hydrogens is 246 g/mol. The van der Waals surface area contributed by atoms with E-state index in [-0.39, 0.29) is 0 Å². The maximum atomic E-state index is 6.52. The molecule has 98 valence electrons. The molecule has 0 saturated heterocycles. The molecule has 0 amide bonds. The molecule has 0 saturated carbocycles. The molecule has 0 bridgehead atoms. The number of ether oxygens (including phenoxy) is 1. The maximum absolute atomic E-state index is 6.52.